The molecule has 0 unspecified atom stereocenters. The molecule has 2 fully saturated rings. The molecule has 0 saturated carbocycles. The highest BCUT2D eigenvalue weighted by molar-refractivity contribution is 5.93. The molecule has 2 aliphatic heterocycles. The summed E-state index contributed by atoms with van der Waals surface area (Å²) in [6.07, 6.45) is 6.33. The second-order valence-electron chi connectivity index (χ2n) is 10.1. The van der Waals surface area contributed by atoms with Gasteiger partial charge in [0, 0.05) is 48.7 Å². The lowest BCUT2D eigenvalue weighted by Gasteiger charge is -2.60. The minimum Gasteiger partial charge on any atom is -0.493 e. The Balaban J connectivity index is 1.39. The Morgan fingerprint density at radius 2 is 2.00 bits per heavy atom. The highest BCUT2D eigenvalue weighted by Gasteiger charge is 2.52. The van der Waals surface area contributed by atoms with Crippen molar-refractivity contribution in [2.45, 2.75) is 33.1 Å². The van der Waals surface area contributed by atoms with Gasteiger partial charge in [0.25, 0.3) is 0 Å². The number of rotatable bonds is 6. The first-order valence-electron chi connectivity index (χ1n) is 12.0. The lowest BCUT2D eigenvalue weighted by Crippen LogP contribution is -2.72. The predicted molar refractivity (Wildman–Crippen MR) is 130 cm³/mol. The number of halogens is 1. The zero-order valence-electron chi connectivity index (χ0n) is 20.1. The van der Waals surface area contributed by atoms with Gasteiger partial charge in [0.2, 0.25) is 0 Å². The summed E-state index contributed by atoms with van der Waals surface area (Å²) in [5.41, 5.74) is 4.31. The van der Waals surface area contributed by atoms with Crippen molar-refractivity contribution < 1.29 is 9.13 Å². The van der Waals surface area contributed by atoms with Gasteiger partial charge >= 0.3 is 0 Å². The second-order valence-corrected chi connectivity index (χ2v) is 10.1. The number of methoxy groups -OCH3 is 1. The Morgan fingerprint density at radius 3 is 2.71 bits per heavy atom. The van der Waals surface area contributed by atoms with Crippen LogP contribution >= 0.6 is 0 Å². The summed E-state index contributed by atoms with van der Waals surface area (Å²) >= 11 is 0. The molecule has 0 aromatic carbocycles. The maximum Gasteiger partial charge on any atom is 0.197 e. The van der Waals surface area contributed by atoms with Crippen LogP contribution in [0.3, 0.4) is 0 Å². The number of likely N-dealkylation sites (tertiary alicyclic amines) is 1. The van der Waals surface area contributed by atoms with Gasteiger partial charge in [-0.1, -0.05) is 20.8 Å². The number of hydrogen-bond acceptors (Lipinski definition) is 6. The van der Waals surface area contributed by atoms with Crippen LogP contribution in [0.15, 0.2) is 24.8 Å². The van der Waals surface area contributed by atoms with Crippen molar-refractivity contribution >= 4 is 22.4 Å². The SMILES string of the molecule is CCCN1CC2(C1)CN(c1ncc3[nH]c(-c4cc(OC)c5ncnn5c4)c(C(C)C)c3c1F)C2. The second kappa shape index (κ2) is 7.66. The molecule has 6 heterocycles. The highest BCUT2D eigenvalue weighted by Crippen LogP contribution is 2.44. The van der Waals surface area contributed by atoms with Gasteiger partial charge in [-0.2, -0.15) is 5.10 Å². The van der Waals surface area contributed by atoms with Crippen molar-refractivity contribution in [1.82, 2.24) is 29.5 Å². The van der Waals surface area contributed by atoms with Crippen molar-refractivity contribution in [3.8, 4) is 17.0 Å². The van der Waals surface area contributed by atoms with E-state index in [4.69, 9.17) is 4.74 Å². The van der Waals surface area contributed by atoms with Gasteiger partial charge in [-0.3, -0.25) is 0 Å². The summed E-state index contributed by atoms with van der Waals surface area (Å²) in [6.45, 7) is 11.5. The third-order valence-electron chi connectivity index (χ3n) is 7.24. The number of nitrogens with zero attached hydrogens (tertiary/aromatic N) is 6. The van der Waals surface area contributed by atoms with Crippen molar-refractivity contribution in [1.29, 1.82) is 0 Å². The van der Waals surface area contributed by atoms with Crippen molar-refractivity contribution in [3.63, 3.8) is 0 Å². The molecule has 0 amide bonds. The van der Waals surface area contributed by atoms with E-state index >= 15 is 4.39 Å². The Kier molecular flexibility index (Phi) is 4.81. The van der Waals surface area contributed by atoms with Gasteiger partial charge < -0.3 is 19.5 Å². The van der Waals surface area contributed by atoms with E-state index in [1.807, 2.05) is 12.3 Å². The van der Waals surface area contributed by atoms with Crippen LogP contribution in [0.25, 0.3) is 27.8 Å². The lowest BCUT2D eigenvalue weighted by atomic mass is 9.72. The quantitative estimate of drug-likeness (QED) is 0.465. The average Bonchev–Trinajstić information content (AvgIpc) is 3.39. The largest absolute Gasteiger partial charge is 0.493 e. The van der Waals surface area contributed by atoms with Crippen LogP contribution in [0.2, 0.25) is 0 Å². The molecule has 4 aromatic rings. The Bertz CT molecular complexity index is 1380. The first kappa shape index (κ1) is 21.3. The van der Waals surface area contributed by atoms with E-state index in [1.54, 1.807) is 17.8 Å². The van der Waals surface area contributed by atoms with Gasteiger partial charge in [0.1, 0.15) is 6.33 Å². The van der Waals surface area contributed by atoms with Crippen molar-refractivity contribution in [3.05, 3.63) is 36.2 Å². The number of nitrogens with one attached hydrogen (secondary N) is 1. The van der Waals surface area contributed by atoms with Crippen LogP contribution in [0, 0.1) is 11.2 Å². The van der Waals surface area contributed by atoms with Crippen LogP contribution in [0.4, 0.5) is 10.2 Å². The zero-order valence-corrected chi connectivity index (χ0v) is 20.1. The van der Waals surface area contributed by atoms with E-state index in [0.29, 0.717) is 33.5 Å². The first-order chi connectivity index (χ1) is 16.4. The first-order valence-corrected chi connectivity index (χ1v) is 12.0. The molecule has 0 atom stereocenters. The Hall–Kier alpha value is -3.20. The molecule has 0 aliphatic carbocycles. The molecule has 34 heavy (non-hydrogen) atoms. The fourth-order valence-corrected chi connectivity index (χ4v) is 5.86. The normalized spacial score (nSPS) is 17.6. The highest BCUT2D eigenvalue weighted by atomic mass is 19.1. The van der Waals surface area contributed by atoms with E-state index in [2.05, 4.69) is 50.6 Å². The monoisotopic (exact) mass is 463 g/mol. The maximum atomic E-state index is 16.0. The number of ether oxygens (including phenoxy) is 1. The van der Waals surface area contributed by atoms with E-state index < -0.39 is 0 Å². The number of aromatic amines is 1. The van der Waals surface area contributed by atoms with E-state index in [0.717, 1.165) is 49.5 Å². The van der Waals surface area contributed by atoms with Gasteiger partial charge in [-0.05, 0) is 30.5 Å². The van der Waals surface area contributed by atoms with E-state index in [9.17, 15) is 0 Å². The number of aromatic nitrogens is 5. The summed E-state index contributed by atoms with van der Waals surface area (Å²) in [6, 6.07) is 1.92. The van der Waals surface area contributed by atoms with E-state index in [1.165, 1.54) is 12.7 Å². The van der Waals surface area contributed by atoms with Crippen molar-refractivity contribution in [2.24, 2.45) is 5.41 Å². The molecule has 1 spiro atoms. The molecule has 8 nitrogen and oxygen atoms in total. The zero-order chi connectivity index (χ0) is 23.6. The number of fused-ring (bicyclic) bond motifs is 2. The van der Waals surface area contributed by atoms with Crippen LogP contribution in [-0.4, -0.2) is 69.3 Å². The van der Waals surface area contributed by atoms with Crippen molar-refractivity contribution in [2.75, 3.05) is 44.7 Å². The van der Waals surface area contributed by atoms with Gasteiger partial charge in [-0.15, -0.1) is 0 Å². The van der Waals surface area contributed by atoms with Gasteiger partial charge in [0.05, 0.1) is 24.5 Å². The molecule has 0 radical (unpaired) electrons. The van der Waals surface area contributed by atoms with Crippen LogP contribution in [-0.2, 0) is 0 Å². The topological polar surface area (TPSA) is 74.6 Å². The molecule has 178 valence electrons. The molecule has 0 bridgehead atoms. The van der Waals surface area contributed by atoms with Crippen LogP contribution < -0.4 is 9.64 Å². The van der Waals surface area contributed by atoms with Gasteiger partial charge in [-0.25, -0.2) is 18.9 Å². The molecule has 6 rings (SSSR count). The summed E-state index contributed by atoms with van der Waals surface area (Å²) in [4.78, 5) is 16.8. The van der Waals surface area contributed by atoms with E-state index in [-0.39, 0.29) is 11.7 Å². The number of H-pyrrole nitrogens is 1. The smallest absolute Gasteiger partial charge is 0.197 e. The third-order valence-corrected chi connectivity index (χ3v) is 7.24. The number of anilines is 1. The molecular formula is C25H30FN7O. The fourth-order valence-electron chi connectivity index (χ4n) is 5.86. The number of pyridine rings is 2. The Morgan fingerprint density at radius 1 is 1.21 bits per heavy atom. The van der Waals surface area contributed by atoms with Crippen LogP contribution in [0.1, 0.15) is 38.7 Å². The van der Waals surface area contributed by atoms with Crippen LogP contribution in [0.5, 0.6) is 5.75 Å². The molecule has 1 N–H and O–H groups in total. The predicted octanol–water partition coefficient (Wildman–Crippen LogP) is 4.08. The summed E-state index contributed by atoms with van der Waals surface area (Å²) in [7, 11) is 1.61. The summed E-state index contributed by atoms with van der Waals surface area (Å²) in [5.74, 6) is 0.940. The fraction of sp³-hybridized carbons (Fsp3) is 0.480. The molecule has 4 aromatic heterocycles. The number of hydrogen-bond donors (Lipinski definition) is 1. The summed E-state index contributed by atoms with van der Waals surface area (Å²) < 4.78 is 23.3. The molecule has 2 saturated heterocycles. The minimum absolute atomic E-state index is 0.0999. The standard InChI is InChI=1S/C25H30FN7O/c1-5-6-31-10-25(11-31)12-32(13-25)24-21(26)20-17(8-27-24)30-22(19(20)15(2)3)16-7-18(34-4)23-28-14-29-33(23)9-16/h7-9,14-15,30H,5-6,10-13H2,1-4H3. The molecule has 2 aliphatic rings. The molecular weight excluding hydrogens is 433 g/mol. The molecule has 9 heteroatoms. The summed E-state index contributed by atoms with van der Waals surface area (Å²) in [5, 5.41) is 4.89. The average molecular weight is 464 g/mol. The van der Waals surface area contributed by atoms with Gasteiger partial charge in [0.15, 0.2) is 23.0 Å². The lowest BCUT2D eigenvalue weighted by molar-refractivity contribution is -0.0218. The maximum absolute atomic E-state index is 16.0. The minimum atomic E-state index is -0.239. The Labute approximate surface area is 197 Å². The third kappa shape index (κ3) is 3.10.